The molecule has 0 spiro atoms. The molecule has 0 saturated carbocycles. The predicted molar refractivity (Wildman–Crippen MR) is 463 cm³/mol. The van der Waals surface area contributed by atoms with Gasteiger partial charge in [0.05, 0.1) is 26.4 Å². The Morgan fingerprint density at radius 2 is 0.486 bits per heavy atom. The summed E-state index contributed by atoms with van der Waals surface area (Å²) < 4.78 is 61.2. The fraction of sp³-hybridized carbons (Fsp3) is 0.753. The lowest BCUT2D eigenvalue weighted by molar-refractivity contribution is -0.161. The molecule has 0 aliphatic heterocycles. The second-order valence-electron chi connectivity index (χ2n) is 30.0. The van der Waals surface area contributed by atoms with Gasteiger partial charge in [0, 0.05) is 19.3 Å². The standard InChI is InChI=1S/C93H164O16P2/c1-4-7-10-13-16-19-22-24-26-28-30-32-34-36-38-40-42-43-45-47-48-50-52-54-56-58-60-62-65-67-70-73-76-79-91(96)103-82-88(94)83-105-110(99,100)106-84-89(95)85-107-111(101,102)108-87-90(109-93(98)81-78-75-72-69-64-21-18-15-12-9-6-3)86-104-92(97)80-77-74-71-68-66-63-61-59-57-55-53-51-49-46-44-41-39-37-35-33-31-29-27-25-23-20-17-14-11-8-5-2/h7,10,15-20,24-27,30-33,36-39,88-90,94-95H,4-6,8-9,11-14,21-23,28-29,34-35,40-87H2,1-3H3,(H,99,100)(H,101,102)/b10-7-,18-15-,19-16-,20-17-,26-24-,27-25-,32-30-,33-31-,38-36-,39-37-. The Labute approximate surface area is 678 Å². The van der Waals surface area contributed by atoms with E-state index in [0.29, 0.717) is 19.3 Å². The number of unbranched alkanes of at least 4 members (excludes halogenated alkanes) is 42. The summed E-state index contributed by atoms with van der Waals surface area (Å²) in [4.78, 5) is 58.7. The summed E-state index contributed by atoms with van der Waals surface area (Å²) in [6, 6.07) is 0. The van der Waals surface area contributed by atoms with Gasteiger partial charge >= 0.3 is 33.6 Å². The Morgan fingerprint density at radius 1 is 0.261 bits per heavy atom. The highest BCUT2D eigenvalue weighted by Crippen LogP contribution is 2.45. The summed E-state index contributed by atoms with van der Waals surface area (Å²) in [5.74, 6) is -1.57. The van der Waals surface area contributed by atoms with Crippen molar-refractivity contribution < 1.29 is 75.8 Å². The predicted octanol–water partition coefficient (Wildman–Crippen LogP) is 27.2. The van der Waals surface area contributed by atoms with Crippen LogP contribution in [-0.4, -0.2) is 95.9 Å². The Balaban J connectivity index is 4.33. The number of ether oxygens (including phenoxy) is 3. The van der Waals surface area contributed by atoms with Crippen LogP contribution in [0.5, 0.6) is 0 Å². The second-order valence-corrected chi connectivity index (χ2v) is 32.9. The van der Waals surface area contributed by atoms with Gasteiger partial charge in [0.1, 0.15) is 25.4 Å². The van der Waals surface area contributed by atoms with Crippen molar-refractivity contribution in [1.82, 2.24) is 0 Å². The summed E-state index contributed by atoms with van der Waals surface area (Å²) in [5, 5.41) is 20.7. The lowest BCUT2D eigenvalue weighted by atomic mass is 10.0. The molecule has 0 radical (unpaired) electrons. The maximum Gasteiger partial charge on any atom is 0.472 e. The molecule has 0 fully saturated rings. The van der Waals surface area contributed by atoms with Gasteiger partial charge in [-0.1, -0.05) is 367 Å². The molecule has 0 amide bonds. The van der Waals surface area contributed by atoms with Crippen LogP contribution in [0.1, 0.15) is 393 Å². The first kappa shape index (κ1) is 107. The number of rotatable bonds is 85. The molecule has 0 heterocycles. The first-order chi connectivity index (χ1) is 54.2. The highest BCUT2D eigenvalue weighted by Gasteiger charge is 2.29. The quantitative estimate of drug-likeness (QED) is 0.0146. The van der Waals surface area contributed by atoms with E-state index in [-0.39, 0.29) is 19.3 Å². The molecule has 111 heavy (non-hydrogen) atoms. The Morgan fingerprint density at radius 3 is 0.793 bits per heavy atom. The summed E-state index contributed by atoms with van der Waals surface area (Å²) in [7, 11) is -9.79. The molecule has 0 saturated heterocycles. The van der Waals surface area contributed by atoms with Crippen molar-refractivity contribution in [2.45, 2.75) is 411 Å². The van der Waals surface area contributed by atoms with E-state index in [0.717, 1.165) is 128 Å². The monoisotopic (exact) mass is 1600 g/mol. The number of aliphatic hydroxyl groups is 2. The first-order valence-corrected chi connectivity index (χ1v) is 47.8. The van der Waals surface area contributed by atoms with Crippen LogP contribution in [0.2, 0.25) is 0 Å². The minimum atomic E-state index is -4.93. The third-order valence-electron chi connectivity index (χ3n) is 19.1. The molecular formula is C93H164O16P2. The number of aliphatic hydroxyl groups excluding tert-OH is 2. The van der Waals surface area contributed by atoms with E-state index in [4.69, 9.17) is 32.3 Å². The van der Waals surface area contributed by atoms with Crippen molar-refractivity contribution in [1.29, 1.82) is 0 Å². The average molecular weight is 1600 g/mol. The number of allylic oxidation sites excluding steroid dienone is 20. The number of esters is 3. The minimum absolute atomic E-state index is 0.0953. The van der Waals surface area contributed by atoms with Gasteiger partial charge < -0.3 is 34.2 Å². The van der Waals surface area contributed by atoms with Gasteiger partial charge in [-0.2, -0.15) is 0 Å². The summed E-state index contributed by atoms with van der Waals surface area (Å²) >= 11 is 0. The smallest absolute Gasteiger partial charge is 0.463 e. The maximum absolute atomic E-state index is 12.9. The molecule has 0 aromatic rings. The van der Waals surface area contributed by atoms with Crippen LogP contribution in [0.15, 0.2) is 122 Å². The third kappa shape index (κ3) is 86.6. The van der Waals surface area contributed by atoms with E-state index in [1.807, 2.05) is 0 Å². The second kappa shape index (κ2) is 85.3. The molecule has 16 nitrogen and oxygen atoms in total. The number of hydrogen-bond acceptors (Lipinski definition) is 14. The zero-order valence-electron chi connectivity index (χ0n) is 70.6. The van der Waals surface area contributed by atoms with Gasteiger partial charge in [-0.05, 0) is 128 Å². The average Bonchev–Trinajstić information content (AvgIpc) is 0.898. The normalized spacial score (nSPS) is 14.4. The van der Waals surface area contributed by atoms with Crippen LogP contribution >= 0.6 is 15.6 Å². The van der Waals surface area contributed by atoms with Crippen molar-refractivity contribution in [2.75, 3.05) is 39.6 Å². The number of phosphoric ester groups is 2. The zero-order chi connectivity index (χ0) is 80.8. The molecule has 0 bridgehead atoms. The Kier molecular flexibility index (Phi) is 82.2. The van der Waals surface area contributed by atoms with Gasteiger partial charge in [-0.3, -0.25) is 32.5 Å². The Bertz CT molecular complexity index is 2500. The molecule has 642 valence electrons. The van der Waals surface area contributed by atoms with Crippen LogP contribution < -0.4 is 0 Å². The molecule has 0 aromatic carbocycles. The van der Waals surface area contributed by atoms with Crippen molar-refractivity contribution in [3.05, 3.63) is 122 Å². The van der Waals surface area contributed by atoms with Gasteiger partial charge in [-0.25, -0.2) is 9.13 Å². The topological polar surface area (TPSA) is 231 Å². The number of carbonyl (C=O) groups is 3. The Hall–Kier alpha value is -4.05. The van der Waals surface area contributed by atoms with Gasteiger partial charge in [0.2, 0.25) is 0 Å². The van der Waals surface area contributed by atoms with Crippen LogP contribution in [0.3, 0.4) is 0 Å². The van der Waals surface area contributed by atoms with E-state index in [1.54, 1.807) is 0 Å². The molecular weight excluding hydrogens is 1430 g/mol. The first-order valence-electron chi connectivity index (χ1n) is 44.8. The highest BCUT2D eigenvalue weighted by molar-refractivity contribution is 7.47. The molecule has 5 unspecified atom stereocenters. The molecule has 0 aliphatic rings. The largest absolute Gasteiger partial charge is 0.472 e. The van der Waals surface area contributed by atoms with E-state index in [2.05, 4.69) is 142 Å². The summed E-state index contributed by atoms with van der Waals surface area (Å²) in [6.07, 6.45) is 104. The van der Waals surface area contributed by atoms with Gasteiger partial charge in [0.15, 0.2) is 6.10 Å². The van der Waals surface area contributed by atoms with E-state index in [9.17, 15) is 43.5 Å². The molecule has 0 aromatic heterocycles. The third-order valence-corrected chi connectivity index (χ3v) is 21.0. The fourth-order valence-electron chi connectivity index (χ4n) is 12.3. The van der Waals surface area contributed by atoms with Crippen molar-refractivity contribution in [2.24, 2.45) is 0 Å². The maximum atomic E-state index is 12.9. The van der Waals surface area contributed by atoms with Crippen molar-refractivity contribution >= 4 is 33.6 Å². The summed E-state index contributed by atoms with van der Waals surface area (Å²) in [6.45, 7) is 2.54. The van der Waals surface area contributed by atoms with Crippen molar-refractivity contribution in [3.63, 3.8) is 0 Å². The van der Waals surface area contributed by atoms with Crippen molar-refractivity contribution in [3.8, 4) is 0 Å². The fourth-order valence-corrected chi connectivity index (χ4v) is 13.9. The van der Waals surface area contributed by atoms with E-state index in [1.165, 1.54) is 205 Å². The molecule has 0 rings (SSSR count). The van der Waals surface area contributed by atoms with Crippen LogP contribution in [0.4, 0.5) is 0 Å². The molecule has 4 N–H and O–H groups in total. The number of hydrogen-bond donors (Lipinski definition) is 4. The molecule has 0 aliphatic carbocycles. The number of phosphoric acid groups is 2. The van der Waals surface area contributed by atoms with Crippen LogP contribution in [0, 0.1) is 0 Å². The van der Waals surface area contributed by atoms with Crippen LogP contribution in [-0.2, 0) is 55.8 Å². The van der Waals surface area contributed by atoms with Gasteiger partial charge in [0.25, 0.3) is 0 Å². The van der Waals surface area contributed by atoms with Gasteiger partial charge in [-0.15, -0.1) is 0 Å². The lowest BCUT2D eigenvalue weighted by Gasteiger charge is -2.21. The minimum Gasteiger partial charge on any atom is -0.463 e. The van der Waals surface area contributed by atoms with E-state index < -0.39 is 91.5 Å². The zero-order valence-corrected chi connectivity index (χ0v) is 72.4. The van der Waals surface area contributed by atoms with E-state index >= 15 is 0 Å². The summed E-state index contributed by atoms with van der Waals surface area (Å²) in [5.41, 5.74) is 0. The molecule has 5 atom stereocenters. The van der Waals surface area contributed by atoms with Crippen LogP contribution in [0.25, 0.3) is 0 Å². The highest BCUT2D eigenvalue weighted by atomic mass is 31.2. The molecule has 18 heteroatoms. The lowest BCUT2D eigenvalue weighted by Crippen LogP contribution is -2.30. The number of carbonyl (C=O) groups excluding carboxylic acids is 3. The SMILES string of the molecule is CC/C=C\C/C=C\C/C=C\C/C=C\C/C=C\CCCCCCCCCCCCCCCCCCCC(=O)OCC(O)COP(=O)(O)OCC(O)COP(=O)(O)OCC(COC(=O)CCCCCCCCCCCCCCCCC/C=C\C/C=C\C/C=C\C/C=C\CCCCC)OC(=O)CCCCCCC/C=C\CCCC.